The fourth-order valence-electron chi connectivity index (χ4n) is 3.44. The number of anilines is 2. The molecule has 4 rings (SSSR count). The van der Waals surface area contributed by atoms with Gasteiger partial charge in [0.25, 0.3) is 0 Å². The first-order valence-electron chi connectivity index (χ1n) is 9.52. The number of aromatic amines is 1. The van der Waals surface area contributed by atoms with Gasteiger partial charge in [-0.15, -0.1) is 0 Å². The van der Waals surface area contributed by atoms with E-state index in [0.29, 0.717) is 12.0 Å². The van der Waals surface area contributed by atoms with Crippen molar-refractivity contribution < 1.29 is 0 Å². The third-order valence-corrected chi connectivity index (χ3v) is 4.97. The maximum absolute atomic E-state index is 4.79. The average Bonchev–Trinajstić information content (AvgIpc) is 3.07. The number of aryl methyl sites for hydroxylation is 1. The van der Waals surface area contributed by atoms with Crippen LogP contribution in [0, 0.1) is 6.92 Å². The van der Waals surface area contributed by atoms with E-state index >= 15 is 0 Å². The lowest BCUT2D eigenvalue weighted by Gasteiger charge is -2.34. The minimum Gasteiger partial charge on any atom is -0.369 e. The highest BCUT2D eigenvalue weighted by molar-refractivity contribution is 5.85. The first-order chi connectivity index (χ1) is 13.0. The Kier molecular flexibility index (Phi) is 4.70. The van der Waals surface area contributed by atoms with Gasteiger partial charge >= 0.3 is 0 Å². The Morgan fingerprint density at radius 1 is 1.07 bits per heavy atom. The van der Waals surface area contributed by atoms with Gasteiger partial charge in [0.2, 0.25) is 5.95 Å². The number of piperazine rings is 1. The van der Waals surface area contributed by atoms with E-state index in [1.165, 1.54) is 11.3 Å². The molecule has 0 aliphatic carbocycles. The molecule has 142 valence electrons. The molecule has 0 bridgehead atoms. The van der Waals surface area contributed by atoms with E-state index in [2.05, 4.69) is 70.0 Å². The number of fused-ring (bicyclic) bond motifs is 1. The second-order valence-electron chi connectivity index (χ2n) is 7.63. The van der Waals surface area contributed by atoms with Gasteiger partial charge in [-0.3, -0.25) is 0 Å². The Hall–Kier alpha value is -2.67. The second-order valence-corrected chi connectivity index (χ2v) is 7.63. The highest BCUT2D eigenvalue weighted by Crippen LogP contribution is 2.28. The molecule has 3 aromatic rings. The summed E-state index contributed by atoms with van der Waals surface area (Å²) in [6, 6.07) is 4.75. The molecule has 2 aromatic heterocycles. The highest BCUT2D eigenvalue weighted by atomic mass is 15.2. The second kappa shape index (κ2) is 7.15. The lowest BCUT2D eigenvalue weighted by Crippen LogP contribution is -2.44. The van der Waals surface area contributed by atoms with Crippen LogP contribution in [0.25, 0.3) is 22.4 Å². The Labute approximate surface area is 159 Å². The van der Waals surface area contributed by atoms with Gasteiger partial charge in [-0.1, -0.05) is 0 Å². The number of hydrogen-bond acceptors (Lipinski definition) is 6. The van der Waals surface area contributed by atoms with Crippen molar-refractivity contribution in [2.75, 3.05) is 43.4 Å². The Morgan fingerprint density at radius 3 is 2.44 bits per heavy atom. The fraction of sp³-hybridized carbons (Fsp3) is 0.450. The average molecular weight is 365 g/mol. The molecule has 0 atom stereocenters. The molecule has 1 saturated heterocycles. The topological polar surface area (TPSA) is 73.0 Å². The predicted octanol–water partition coefficient (Wildman–Crippen LogP) is 2.90. The van der Waals surface area contributed by atoms with Gasteiger partial charge in [-0.2, -0.15) is 0 Å². The van der Waals surface area contributed by atoms with Crippen molar-refractivity contribution in [2.45, 2.75) is 26.8 Å². The molecule has 7 heteroatoms. The number of aromatic nitrogens is 4. The van der Waals surface area contributed by atoms with Gasteiger partial charge in [0.15, 0.2) is 0 Å². The third kappa shape index (κ3) is 3.73. The van der Waals surface area contributed by atoms with E-state index in [0.717, 1.165) is 48.6 Å². The molecular formula is C20H27N7. The summed E-state index contributed by atoms with van der Waals surface area (Å²) in [6.45, 7) is 10.6. The number of nitrogens with zero attached hydrogens (tertiary/aromatic N) is 5. The number of benzene rings is 1. The smallest absolute Gasteiger partial charge is 0.222 e. The van der Waals surface area contributed by atoms with Crippen LogP contribution in [0.15, 0.2) is 24.5 Å². The van der Waals surface area contributed by atoms with Crippen molar-refractivity contribution in [1.29, 1.82) is 0 Å². The number of hydrogen-bond donors (Lipinski definition) is 2. The highest BCUT2D eigenvalue weighted by Gasteiger charge is 2.17. The van der Waals surface area contributed by atoms with Crippen LogP contribution in [-0.4, -0.2) is 64.1 Å². The van der Waals surface area contributed by atoms with E-state index in [-0.39, 0.29) is 0 Å². The lowest BCUT2D eigenvalue weighted by atomic mass is 10.1. The molecule has 0 amide bonds. The standard InChI is InChI=1S/C20H27N7/c1-13(2)23-20-21-11-15(12-22-20)19-24-17-10-16(9-14(3)18(17)25-19)27-7-5-26(4)6-8-27/h9-13H,5-8H2,1-4H3,(H,24,25)(H,21,22,23). The van der Waals surface area contributed by atoms with E-state index in [4.69, 9.17) is 4.98 Å². The number of likely N-dealkylation sites (N-methyl/N-ethyl adjacent to an activating group) is 1. The number of H-pyrrole nitrogens is 1. The largest absolute Gasteiger partial charge is 0.369 e. The summed E-state index contributed by atoms with van der Waals surface area (Å²) in [6.07, 6.45) is 3.62. The minimum absolute atomic E-state index is 0.303. The monoisotopic (exact) mass is 365 g/mol. The summed E-state index contributed by atoms with van der Waals surface area (Å²) in [5.74, 6) is 1.44. The molecule has 7 nitrogen and oxygen atoms in total. The normalized spacial score (nSPS) is 15.7. The van der Waals surface area contributed by atoms with Crippen molar-refractivity contribution in [3.8, 4) is 11.4 Å². The SMILES string of the molecule is Cc1cc(N2CCN(C)CC2)cc2[nH]c(-c3cnc(NC(C)C)nc3)nc12. The summed E-state index contributed by atoms with van der Waals surface area (Å²) in [5, 5.41) is 3.20. The number of rotatable bonds is 4. The van der Waals surface area contributed by atoms with Crippen molar-refractivity contribution in [1.82, 2.24) is 24.8 Å². The molecule has 0 saturated carbocycles. The quantitative estimate of drug-likeness (QED) is 0.741. The van der Waals surface area contributed by atoms with E-state index in [1.807, 2.05) is 12.4 Å². The lowest BCUT2D eigenvalue weighted by molar-refractivity contribution is 0.313. The first-order valence-corrected chi connectivity index (χ1v) is 9.52. The first kappa shape index (κ1) is 17.7. The molecule has 0 unspecified atom stereocenters. The van der Waals surface area contributed by atoms with E-state index in [9.17, 15) is 0 Å². The zero-order valence-electron chi connectivity index (χ0n) is 16.5. The van der Waals surface area contributed by atoms with Gasteiger partial charge in [0, 0.05) is 50.3 Å². The maximum Gasteiger partial charge on any atom is 0.222 e. The van der Waals surface area contributed by atoms with Crippen LogP contribution in [0.1, 0.15) is 19.4 Å². The molecule has 0 radical (unpaired) electrons. The summed E-state index contributed by atoms with van der Waals surface area (Å²) in [7, 11) is 2.18. The molecule has 2 N–H and O–H groups in total. The summed E-state index contributed by atoms with van der Waals surface area (Å²) < 4.78 is 0. The van der Waals surface area contributed by atoms with E-state index in [1.54, 1.807) is 0 Å². The summed E-state index contributed by atoms with van der Waals surface area (Å²) in [5.41, 5.74) is 5.40. The van der Waals surface area contributed by atoms with Crippen molar-refractivity contribution in [2.24, 2.45) is 0 Å². The van der Waals surface area contributed by atoms with Crippen molar-refractivity contribution >= 4 is 22.7 Å². The molecule has 1 aromatic carbocycles. The van der Waals surface area contributed by atoms with Crippen molar-refractivity contribution in [3.05, 3.63) is 30.1 Å². The van der Waals surface area contributed by atoms with Gasteiger partial charge in [-0.25, -0.2) is 15.0 Å². The number of imidazole rings is 1. The van der Waals surface area contributed by atoms with Gasteiger partial charge < -0.3 is 20.1 Å². The van der Waals surface area contributed by atoms with Gasteiger partial charge in [0.1, 0.15) is 5.82 Å². The Balaban J connectivity index is 1.63. The van der Waals surface area contributed by atoms with Crippen molar-refractivity contribution in [3.63, 3.8) is 0 Å². The molecule has 1 fully saturated rings. The molecule has 1 aliphatic rings. The number of nitrogens with one attached hydrogen (secondary N) is 2. The van der Waals surface area contributed by atoms with Crippen LogP contribution in [0.3, 0.4) is 0 Å². The minimum atomic E-state index is 0.303. The van der Waals surface area contributed by atoms with Crippen LogP contribution in [0.2, 0.25) is 0 Å². The third-order valence-electron chi connectivity index (χ3n) is 4.97. The van der Waals surface area contributed by atoms with Crippen LogP contribution in [0.4, 0.5) is 11.6 Å². The summed E-state index contributed by atoms with van der Waals surface area (Å²) in [4.78, 5) is 21.8. The molecular weight excluding hydrogens is 338 g/mol. The zero-order valence-corrected chi connectivity index (χ0v) is 16.5. The molecule has 27 heavy (non-hydrogen) atoms. The molecule has 3 heterocycles. The Morgan fingerprint density at radius 2 is 1.78 bits per heavy atom. The Bertz CT molecular complexity index is 921. The summed E-state index contributed by atoms with van der Waals surface area (Å²) >= 11 is 0. The fourth-order valence-corrected chi connectivity index (χ4v) is 3.44. The van der Waals surface area contributed by atoms with Crippen LogP contribution in [-0.2, 0) is 0 Å². The predicted molar refractivity (Wildman–Crippen MR) is 110 cm³/mol. The molecule has 1 aliphatic heterocycles. The molecule has 0 spiro atoms. The zero-order chi connectivity index (χ0) is 19.0. The van der Waals surface area contributed by atoms with Crippen LogP contribution >= 0.6 is 0 Å². The maximum atomic E-state index is 4.79. The van der Waals surface area contributed by atoms with Crippen LogP contribution in [0.5, 0.6) is 0 Å². The van der Waals surface area contributed by atoms with Crippen LogP contribution < -0.4 is 10.2 Å². The van der Waals surface area contributed by atoms with Gasteiger partial charge in [-0.05, 0) is 45.5 Å². The van der Waals surface area contributed by atoms with E-state index < -0.39 is 0 Å². The van der Waals surface area contributed by atoms with Gasteiger partial charge in [0.05, 0.1) is 16.6 Å².